The summed E-state index contributed by atoms with van der Waals surface area (Å²) in [5.41, 5.74) is 4.56. The molecule has 0 aliphatic heterocycles. The van der Waals surface area contributed by atoms with Gasteiger partial charge in [-0.2, -0.15) is 0 Å². The third-order valence-electron chi connectivity index (χ3n) is 4.78. The summed E-state index contributed by atoms with van der Waals surface area (Å²) < 4.78 is 10.8. The number of para-hydroxylation sites is 1. The highest BCUT2D eigenvalue weighted by Crippen LogP contribution is 2.25. The van der Waals surface area contributed by atoms with Crippen molar-refractivity contribution >= 4 is 17.3 Å². The Morgan fingerprint density at radius 1 is 1.03 bits per heavy atom. The van der Waals surface area contributed by atoms with Gasteiger partial charge < -0.3 is 9.47 Å². The van der Waals surface area contributed by atoms with E-state index in [9.17, 15) is 4.79 Å². The van der Waals surface area contributed by atoms with Gasteiger partial charge in [-0.25, -0.2) is 4.98 Å². The van der Waals surface area contributed by atoms with Crippen molar-refractivity contribution in [3.8, 4) is 17.0 Å². The second kappa shape index (κ2) is 10.8. The summed E-state index contributed by atoms with van der Waals surface area (Å²) in [7, 11) is 1.43. The van der Waals surface area contributed by atoms with Crippen LogP contribution < -0.4 is 4.74 Å². The number of hydrogen-bond acceptors (Lipinski definition) is 5. The summed E-state index contributed by atoms with van der Waals surface area (Å²) in [6, 6.07) is 16.6. The fourth-order valence-corrected chi connectivity index (χ4v) is 3.80. The molecule has 0 bridgehead atoms. The average molecular weight is 410 g/mol. The number of ether oxygens (including phenoxy) is 2. The maximum atomic E-state index is 11.2. The van der Waals surface area contributed by atoms with Crippen molar-refractivity contribution < 1.29 is 14.3 Å². The first-order valence-electron chi connectivity index (χ1n) is 9.94. The minimum Gasteiger partial charge on any atom is -0.486 e. The van der Waals surface area contributed by atoms with Crippen LogP contribution in [-0.2, 0) is 22.6 Å². The number of nitrogens with zero attached hydrogens (tertiary/aromatic N) is 1. The summed E-state index contributed by atoms with van der Waals surface area (Å²) in [6.45, 7) is 2.55. The third kappa shape index (κ3) is 6.43. The van der Waals surface area contributed by atoms with Gasteiger partial charge in [0.15, 0.2) is 0 Å². The summed E-state index contributed by atoms with van der Waals surface area (Å²) in [4.78, 5) is 15.9. The Hall–Kier alpha value is -2.66. The normalized spacial score (nSPS) is 10.7. The molecule has 2 aromatic carbocycles. The molecule has 0 saturated carbocycles. The number of methoxy groups -OCH3 is 1. The van der Waals surface area contributed by atoms with Crippen molar-refractivity contribution in [2.45, 2.75) is 45.6 Å². The smallest absolute Gasteiger partial charge is 0.305 e. The SMILES string of the molecule is COC(=O)CCCCCc1ccccc1OCc1nc(-c2ccc(C)cc2)cs1. The number of carbonyl (C=O) groups excluding carboxylic acids is 1. The van der Waals surface area contributed by atoms with Gasteiger partial charge in [0.05, 0.1) is 12.8 Å². The minimum absolute atomic E-state index is 0.137. The zero-order valence-corrected chi connectivity index (χ0v) is 17.8. The number of unbranched alkanes of at least 4 members (excludes halogenated alkanes) is 2. The number of aryl methyl sites for hydroxylation is 2. The van der Waals surface area contributed by atoms with E-state index in [0.29, 0.717) is 13.0 Å². The monoisotopic (exact) mass is 409 g/mol. The molecule has 0 unspecified atom stereocenters. The van der Waals surface area contributed by atoms with Crippen molar-refractivity contribution in [3.05, 3.63) is 70.0 Å². The Kier molecular flexibility index (Phi) is 7.82. The van der Waals surface area contributed by atoms with Gasteiger partial charge in [-0.05, 0) is 37.8 Å². The number of carbonyl (C=O) groups is 1. The molecule has 5 heteroatoms. The van der Waals surface area contributed by atoms with Gasteiger partial charge in [-0.1, -0.05) is 54.4 Å². The summed E-state index contributed by atoms with van der Waals surface area (Å²) in [5, 5.41) is 3.05. The molecule has 152 valence electrons. The van der Waals surface area contributed by atoms with Crippen LogP contribution in [0, 0.1) is 6.92 Å². The molecule has 0 amide bonds. The Morgan fingerprint density at radius 3 is 2.62 bits per heavy atom. The van der Waals surface area contributed by atoms with Gasteiger partial charge in [-0.3, -0.25) is 4.79 Å². The quantitative estimate of drug-likeness (QED) is 0.306. The van der Waals surface area contributed by atoms with Crippen LogP contribution in [0.25, 0.3) is 11.3 Å². The molecule has 0 aliphatic rings. The molecular weight excluding hydrogens is 382 g/mol. The highest BCUT2D eigenvalue weighted by Gasteiger charge is 2.08. The molecule has 0 spiro atoms. The van der Waals surface area contributed by atoms with Crippen LogP contribution >= 0.6 is 11.3 Å². The Labute approximate surface area is 176 Å². The standard InChI is InChI=1S/C24H27NO3S/c1-18-12-14-19(15-13-18)21-17-29-23(25-21)16-28-22-10-7-6-9-20(22)8-4-3-5-11-24(26)27-2/h6-7,9-10,12-15,17H,3-5,8,11,16H2,1-2H3. The van der Waals surface area contributed by atoms with E-state index in [1.807, 2.05) is 18.2 Å². The van der Waals surface area contributed by atoms with Crippen molar-refractivity contribution in [1.29, 1.82) is 0 Å². The van der Waals surface area contributed by atoms with Gasteiger partial charge in [-0.15, -0.1) is 11.3 Å². The Bertz CT molecular complexity index is 918. The molecule has 0 N–H and O–H groups in total. The highest BCUT2D eigenvalue weighted by molar-refractivity contribution is 7.09. The van der Waals surface area contributed by atoms with Crippen molar-refractivity contribution in [3.63, 3.8) is 0 Å². The maximum absolute atomic E-state index is 11.2. The lowest BCUT2D eigenvalue weighted by Gasteiger charge is -2.10. The van der Waals surface area contributed by atoms with Gasteiger partial charge in [0.2, 0.25) is 0 Å². The zero-order valence-electron chi connectivity index (χ0n) is 17.0. The molecule has 0 fully saturated rings. The van der Waals surface area contributed by atoms with Crippen LogP contribution in [0.15, 0.2) is 53.9 Å². The number of aromatic nitrogens is 1. The lowest BCUT2D eigenvalue weighted by atomic mass is 10.1. The second-order valence-electron chi connectivity index (χ2n) is 7.03. The molecule has 1 heterocycles. The van der Waals surface area contributed by atoms with E-state index in [2.05, 4.69) is 47.4 Å². The van der Waals surface area contributed by atoms with E-state index in [1.54, 1.807) is 11.3 Å². The molecule has 0 aliphatic carbocycles. The van der Waals surface area contributed by atoms with Gasteiger partial charge in [0.1, 0.15) is 17.4 Å². The molecule has 29 heavy (non-hydrogen) atoms. The molecule has 0 atom stereocenters. The van der Waals surface area contributed by atoms with E-state index < -0.39 is 0 Å². The Morgan fingerprint density at radius 2 is 1.83 bits per heavy atom. The van der Waals surface area contributed by atoms with E-state index in [0.717, 1.165) is 47.7 Å². The predicted molar refractivity (Wildman–Crippen MR) is 117 cm³/mol. The summed E-state index contributed by atoms with van der Waals surface area (Å²) in [6.07, 6.45) is 4.30. The van der Waals surface area contributed by atoms with E-state index in [-0.39, 0.29) is 5.97 Å². The number of benzene rings is 2. The first-order valence-corrected chi connectivity index (χ1v) is 10.8. The largest absolute Gasteiger partial charge is 0.486 e. The molecule has 4 nitrogen and oxygen atoms in total. The van der Waals surface area contributed by atoms with Gasteiger partial charge >= 0.3 is 5.97 Å². The van der Waals surface area contributed by atoms with Crippen molar-refractivity contribution in [2.75, 3.05) is 7.11 Å². The number of thiazole rings is 1. The van der Waals surface area contributed by atoms with Crippen LogP contribution in [0.3, 0.4) is 0 Å². The van der Waals surface area contributed by atoms with E-state index in [4.69, 9.17) is 9.72 Å². The zero-order chi connectivity index (χ0) is 20.5. The van der Waals surface area contributed by atoms with Crippen LogP contribution in [-0.4, -0.2) is 18.1 Å². The minimum atomic E-state index is -0.137. The highest BCUT2D eigenvalue weighted by atomic mass is 32.1. The first-order chi connectivity index (χ1) is 14.2. The lowest BCUT2D eigenvalue weighted by molar-refractivity contribution is -0.140. The van der Waals surface area contributed by atoms with E-state index >= 15 is 0 Å². The van der Waals surface area contributed by atoms with Crippen LogP contribution in [0.2, 0.25) is 0 Å². The average Bonchev–Trinajstić information content (AvgIpc) is 3.22. The van der Waals surface area contributed by atoms with Crippen LogP contribution in [0.5, 0.6) is 5.75 Å². The predicted octanol–water partition coefficient (Wildman–Crippen LogP) is 5.97. The van der Waals surface area contributed by atoms with Crippen molar-refractivity contribution in [1.82, 2.24) is 4.98 Å². The molecule has 0 saturated heterocycles. The van der Waals surface area contributed by atoms with E-state index in [1.165, 1.54) is 18.2 Å². The molecule has 0 radical (unpaired) electrons. The number of rotatable bonds is 10. The molecule has 3 rings (SSSR count). The summed E-state index contributed by atoms with van der Waals surface area (Å²) in [5.74, 6) is 0.773. The van der Waals surface area contributed by atoms with Gasteiger partial charge in [0.25, 0.3) is 0 Å². The molecular formula is C24H27NO3S. The number of esters is 1. The van der Waals surface area contributed by atoms with Gasteiger partial charge in [0, 0.05) is 17.4 Å². The van der Waals surface area contributed by atoms with Crippen LogP contribution in [0.1, 0.15) is 41.8 Å². The molecule has 3 aromatic rings. The lowest BCUT2D eigenvalue weighted by Crippen LogP contribution is -2.00. The van der Waals surface area contributed by atoms with Crippen molar-refractivity contribution in [2.24, 2.45) is 0 Å². The Balaban J connectivity index is 1.52. The fourth-order valence-electron chi connectivity index (χ4n) is 3.09. The molecule has 1 aromatic heterocycles. The maximum Gasteiger partial charge on any atom is 0.305 e. The topological polar surface area (TPSA) is 48.4 Å². The third-order valence-corrected chi connectivity index (χ3v) is 5.60. The van der Waals surface area contributed by atoms with Crippen LogP contribution in [0.4, 0.5) is 0 Å². The fraction of sp³-hybridized carbons (Fsp3) is 0.333. The first kappa shape index (κ1) is 21.1. The second-order valence-corrected chi connectivity index (χ2v) is 7.97. The number of hydrogen-bond donors (Lipinski definition) is 0. The summed E-state index contributed by atoms with van der Waals surface area (Å²) >= 11 is 1.62.